The van der Waals surface area contributed by atoms with E-state index in [0.717, 1.165) is 79.4 Å². The van der Waals surface area contributed by atoms with Gasteiger partial charge in [0.25, 0.3) is 0 Å². The smallest absolute Gasteiger partial charge is 0.186 e. The molecular formula is C34H43N9O2. The Labute approximate surface area is 264 Å². The van der Waals surface area contributed by atoms with Gasteiger partial charge in [0.1, 0.15) is 11.9 Å². The lowest BCUT2D eigenvalue weighted by Gasteiger charge is -2.41. The molecule has 1 saturated heterocycles. The molecule has 1 spiro atoms. The van der Waals surface area contributed by atoms with Crippen LogP contribution < -0.4 is 10.6 Å². The van der Waals surface area contributed by atoms with Gasteiger partial charge in [0.15, 0.2) is 22.9 Å². The van der Waals surface area contributed by atoms with Gasteiger partial charge in [0, 0.05) is 30.9 Å². The van der Waals surface area contributed by atoms with Gasteiger partial charge in [-0.1, -0.05) is 11.2 Å². The summed E-state index contributed by atoms with van der Waals surface area (Å²) in [5, 5.41) is 31.3. The van der Waals surface area contributed by atoms with E-state index in [-0.39, 0.29) is 6.04 Å². The second-order valence-corrected chi connectivity index (χ2v) is 14.1. The molecule has 0 saturated carbocycles. The Hall–Kier alpha value is -4.01. The summed E-state index contributed by atoms with van der Waals surface area (Å²) in [6.45, 7) is 7.24. The lowest BCUT2D eigenvalue weighted by atomic mass is 9.61. The van der Waals surface area contributed by atoms with Gasteiger partial charge in [-0.3, -0.25) is 0 Å². The highest BCUT2D eigenvalue weighted by atomic mass is 16.5. The van der Waals surface area contributed by atoms with E-state index in [9.17, 15) is 10.4 Å². The van der Waals surface area contributed by atoms with Crippen LogP contribution in [0.4, 0.5) is 11.5 Å². The van der Waals surface area contributed by atoms with Crippen LogP contribution in [-0.2, 0) is 18.3 Å². The summed E-state index contributed by atoms with van der Waals surface area (Å²) < 4.78 is 8.35. The second-order valence-electron chi connectivity index (χ2n) is 14.1. The number of hydrogen-bond acceptors (Lipinski definition) is 10. The number of aryl methyl sites for hydroxylation is 1. The van der Waals surface area contributed by atoms with Crippen LogP contribution in [0.5, 0.6) is 0 Å². The van der Waals surface area contributed by atoms with Gasteiger partial charge in [-0.2, -0.15) is 10.4 Å². The Kier molecular flexibility index (Phi) is 7.13. The third-order valence-electron chi connectivity index (χ3n) is 10.4. The fourth-order valence-corrected chi connectivity index (χ4v) is 8.46. The number of likely N-dealkylation sites (N-methyl/N-ethyl adjacent to an activating group) is 2. The highest BCUT2D eigenvalue weighted by Crippen LogP contribution is 2.53. The zero-order chi connectivity index (χ0) is 31.7. The summed E-state index contributed by atoms with van der Waals surface area (Å²) in [7, 11) is 4.12. The molecule has 0 unspecified atom stereocenters. The van der Waals surface area contributed by atoms with Gasteiger partial charge in [0.05, 0.1) is 34.2 Å². The van der Waals surface area contributed by atoms with Crippen LogP contribution in [0.25, 0.3) is 22.6 Å². The minimum Gasteiger partial charge on any atom is -0.398 e. The topological polar surface area (TPSA) is 146 Å². The lowest BCUT2D eigenvalue weighted by Crippen LogP contribution is -2.37. The average molecular weight is 610 g/mol. The van der Waals surface area contributed by atoms with Gasteiger partial charge < -0.3 is 25.2 Å². The monoisotopic (exact) mass is 609 g/mol. The Morgan fingerprint density at radius 2 is 2.00 bits per heavy atom. The molecule has 1 aliphatic heterocycles. The Balaban J connectivity index is 1.40. The third kappa shape index (κ3) is 4.77. The van der Waals surface area contributed by atoms with Gasteiger partial charge in [-0.25, -0.2) is 14.6 Å². The maximum absolute atomic E-state index is 10.7. The van der Waals surface area contributed by atoms with Crippen molar-refractivity contribution >= 4 is 22.5 Å². The van der Waals surface area contributed by atoms with Crippen molar-refractivity contribution in [3.05, 3.63) is 46.3 Å². The van der Waals surface area contributed by atoms with Crippen LogP contribution >= 0.6 is 0 Å². The van der Waals surface area contributed by atoms with Crippen molar-refractivity contribution in [2.75, 3.05) is 37.8 Å². The molecule has 0 amide bonds. The lowest BCUT2D eigenvalue weighted by molar-refractivity contribution is 0.0885. The molecule has 11 nitrogen and oxygen atoms in total. The molecule has 3 atom stereocenters. The predicted molar refractivity (Wildman–Crippen MR) is 173 cm³/mol. The van der Waals surface area contributed by atoms with E-state index < -0.39 is 11.0 Å². The van der Waals surface area contributed by atoms with Crippen LogP contribution in [-0.4, -0.2) is 73.7 Å². The third-order valence-corrected chi connectivity index (χ3v) is 10.4. The fraction of sp³-hybridized carbons (Fsp3) is 0.559. The Morgan fingerprint density at radius 3 is 2.71 bits per heavy atom. The number of nitrogen functional groups attached to an aromatic ring is 1. The van der Waals surface area contributed by atoms with Crippen molar-refractivity contribution < 1.29 is 9.63 Å². The zero-order valence-corrected chi connectivity index (χ0v) is 27.0. The standard InChI is InChI=1S/C34H43N9O2/c1-20(26-11-8-16-41(26)4)43-32-24(18-37-43)31(42(5)19-33(2,3)44)38-30(39-32)28-22-10-7-15-34(29(22)45-40-28)14-6-9-21-12-13-25(36)23(17-35)27(21)34/h12-13,18,20,26,44H,6-11,14-16,19,36H2,1-5H3/t20-,26-,34+/m0/s1. The van der Waals surface area contributed by atoms with Crippen LogP contribution in [0, 0.1) is 11.3 Å². The van der Waals surface area contributed by atoms with Crippen LogP contribution in [0.1, 0.15) is 93.4 Å². The zero-order valence-electron chi connectivity index (χ0n) is 27.0. The number of rotatable bonds is 6. The number of benzene rings is 1. The van der Waals surface area contributed by atoms with Crippen molar-refractivity contribution in [2.24, 2.45) is 0 Å². The minimum atomic E-state index is -0.934. The van der Waals surface area contributed by atoms with E-state index in [4.69, 9.17) is 25.3 Å². The summed E-state index contributed by atoms with van der Waals surface area (Å²) >= 11 is 0. The van der Waals surface area contributed by atoms with Crippen molar-refractivity contribution in [3.63, 3.8) is 0 Å². The normalized spacial score (nSPS) is 22.4. The number of nitriles is 1. The molecule has 3 aromatic heterocycles. The summed E-state index contributed by atoms with van der Waals surface area (Å²) in [4.78, 5) is 14.6. The molecular weight excluding hydrogens is 566 g/mol. The summed E-state index contributed by atoms with van der Waals surface area (Å²) in [6, 6.07) is 6.80. The molecule has 0 radical (unpaired) electrons. The van der Waals surface area contributed by atoms with Gasteiger partial charge >= 0.3 is 0 Å². The first-order valence-corrected chi connectivity index (χ1v) is 16.2. The highest BCUT2D eigenvalue weighted by molar-refractivity contribution is 5.89. The second kappa shape index (κ2) is 10.8. The van der Waals surface area contributed by atoms with Gasteiger partial charge in [0.2, 0.25) is 0 Å². The number of hydrogen-bond donors (Lipinski definition) is 2. The number of anilines is 2. The quantitative estimate of drug-likeness (QED) is 0.294. The van der Waals surface area contributed by atoms with E-state index >= 15 is 0 Å². The maximum Gasteiger partial charge on any atom is 0.186 e. The molecule has 0 bridgehead atoms. The molecule has 4 aromatic rings. The predicted octanol–water partition coefficient (Wildman–Crippen LogP) is 4.76. The largest absolute Gasteiger partial charge is 0.398 e. The number of fused-ring (bicyclic) bond motifs is 5. The molecule has 1 aromatic carbocycles. The summed E-state index contributed by atoms with van der Waals surface area (Å²) in [6.07, 6.45) is 9.50. The van der Waals surface area contributed by atoms with E-state index in [1.807, 2.05) is 28.9 Å². The molecule has 1 fully saturated rings. The van der Waals surface area contributed by atoms with Crippen molar-refractivity contribution in [2.45, 2.75) is 95.2 Å². The van der Waals surface area contributed by atoms with Crippen molar-refractivity contribution in [1.29, 1.82) is 5.26 Å². The first-order chi connectivity index (χ1) is 21.5. The van der Waals surface area contributed by atoms with Crippen LogP contribution in [0.2, 0.25) is 0 Å². The highest BCUT2D eigenvalue weighted by Gasteiger charge is 2.48. The molecule has 236 valence electrons. The SMILES string of the molecule is C[C@@H]([C@@H]1CCCN1C)n1ncc2c(N(C)CC(C)(C)O)nc(-c3noc4c3CCC[C@@]43CCCc4ccc(N)c(C#N)c43)nc21. The van der Waals surface area contributed by atoms with Crippen molar-refractivity contribution in [1.82, 2.24) is 29.8 Å². The first-order valence-electron chi connectivity index (χ1n) is 16.2. The van der Waals surface area contributed by atoms with E-state index in [1.165, 1.54) is 12.0 Å². The van der Waals surface area contributed by atoms with Gasteiger partial charge in [-0.15, -0.1) is 0 Å². The van der Waals surface area contributed by atoms with Crippen molar-refractivity contribution in [3.8, 4) is 17.6 Å². The van der Waals surface area contributed by atoms with Crippen LogP contribution in [0.3, 0.4) is 0 Å². The average Bonchev–Trinajstić information content (AvgIpc) is 3.74. The number of aliphatic hydroxyl groups is 1. The van der Waals surface area contributed by atoms with Crippen LogP contribution in [0.15, 0.2) is 22.9 Å². The Bertz CT molecular complexity index is 1810. The fourth-order valence-electron chi connectivity index (χ4n) is 8.46. The van der Waals surface area contributed by atoms with E-state index in [1.54, 1.807) is 13.8 Å². The number of nitrogens with zero attached hydrogens (tertiary/aromatic N) is 8. The summed E-state index contributed by atoms with van der Waals surface area (Å²) in [5.41, 5.74) is 10.6. The minimum absolute atomic E-state index is 0.105. The molecule has 45 heavy (non-hydrogen) atoms. The van der Waals surface area contributed by atoms with E-state index in [0.29, 0.717) is 41.2 Å². The van der Waals surface area contributed by atoms with Gasteiger partial charge in [-0.05, 0) is 103 Å². The Morgan fingerprint density at radius 1 is 1.22 bits per heavy atom. The molecule has 3 aliphatic rings. The molecule has 4 heterocycles. The van der Waals surface area contributed by atoms with E-state index in [2.05, 4.69) is 36.2 Å². The number of aromatic nitrogens is 5. The molecule has 3 N–H and O–H groups in total. The summed E-state index contributed by atoms with van der Waals surface area (Å²) in [5.74, 6) is 2.00. The maximum atomic E-state index is 10.7. The first kappa shape index (κ1) is 29.7. The molecule has 11 heteroatoms. The molecule has 7 rings (SSSR count). The number of likely N-dealkylation sites (tertiary alicyclic amines) is 1. The molecule has 2 aliphatic carbocycles. The number of nitrogens with two attached hydrogens (primary N) is 1.